The second kappa shape index (κ2) is 10.5. The monoisotopic (exact) mass is 488 g/mol. The lowest BCUT2D eigenvalue weighted by Crippen LogP contribution is -2.28. The van der Waals surface area contributed by atoms with Gasteiger partial charge in [0.1, 0.15) is 12.4 Å². The predicted octanol–water partition coefficient (Wildman–Crippen LogP) is 4.36. The molecule has 33 heavy (non-hydrogen) atoms. The molecule has 1 aliphatic heterocycles. The molecule has 1 aromatic heterocycles. The molecule has 0 unspecified atom stereocenters. The zero-order chi connectivity index (χ0) is 23.3. The highest BCUT2D eigenvalue weighted by atomic mass is 35.5. The maximum Gasteiger partial charge on any atom is 0.253 e. The fourth-order valence-corrected chi connectivity index (χ4v) is 5.43. The molecule has 1 aliphatic rings. The summed E-state index contributed by atoms with van der Waals surface area (Å²) in [7, 11) is -3.64. The lowest BCUT2D eigenvalue weighted by atomic mass is 10.1. The highest BCUT2D eigenvalue weighted by Crippen LogP contribution is 2.25. The fraction of sp³-hybridized carbons (Fsp3) is 0.292. The lowest BCUT2D eigenvalue weighted by molar-refractivity contribution is 0.0928. The van der Waals surface area contributed by atoms with Crippen molar-refractivity contribution in [2.24, 2.45) is 0 Å². The van der Waals surface area contributed by atoms with Gasteiger partial charge in [0, 0.05) is 19.6 Å². The van der Waals surface area contributed by atoms with Gasteiger partial charge in [0.15, 0.2) is 0 Å². The van der Waals surface area contributed by atoms with Crippen molar-refractivity contribution in [3.05, 3.63) is 88.3 Å². The molecule has 1 amide bonds. The Morgan fingerprint density at radius 1 is 1.03 bits per heavy atom. The van der Waals surface area contributed by atoms with Crippen molar-refractivity contribution in [3.8, 4) is 0 Å². The van der Waals surface area contributed by atoms with Crippen LogP contribution in [0.2, 0.25) is 5.02 Å². The zero-order valence-corrected chi connectivity index (χ0v) is 19.6. The Morgan fingerprint density at radius 3 is 2.58 bits per heavy atom. The third-order valence-corrected chi connectivity index (χ3v) is 7.65. The number of sulfonamides is 1. The highest BCUT2D eigenvalue weighted by molar-refractivity contribution is 7.89. The van der Waals surface area contributed by atoms with E-state index >= 15 is 0 Å². The third kappa shape index (κ3) is 5.83. The summed E-state index contributed by atoms with van der Waals surface area (Å²) >= 11 is 6.21. The number of benzene rings is 2. The molecule has 4 rings (SSSR count). The maximum absolute atomic E-state index is 12.8. The van der Waals surface area contributed by atoms with Gasteiger partial charge in [0.25, 0.3) is 5.91 Å². The number of halogens is 1. The molecule has 0 saturated carbocycles. The van der Waals surface area contributed by atoms with E-state index in [1.54, 1.807) is 6.26 Å². The molecular formula is C24H25ClN2O5S. The zero-order valence-electron chi connectivity index (χ0n) is 18.0. The van der Waals surface area contributed by atoms with Gasteiger partial charge in [0.2, 0.25) is 10.0 Å². The SMILES string of the molecule is O=C(NCc1cccc(COCc2ccco2)c1)c1cc(S(=O)(=O)N2CCCC2)ccc1Cl. The van der Waals surface area contributed by atoms with Crippen LogP contribution in [0.4, 0.5) is 0 Å². The van der Waals surface area contributed by atoms with E-state index in [1.165, 1.54) is 22.5 Å². The molecule has 2 heterocycles. The molecule has 174 valence electrons. The molecule has 3 aromatic rings. The van der Waals surface area contributed by atoms with E-state index in [0.717, 1.165) is 29.7 Å². The van der Waals surface area contributed by atoms with Crippen molar-refractivity contribution in [2.45, 2.75) is 37.5 Å². The van der Waals surface area contributed by atoms with Crippen LogP contribution >= 0.6 is 11.6 Å². The maximum atomic E-state index is 12.8. The minimum absolute atomic E-state index is 0.0784. The number of nitrogens with zero attached hydrogens (tertiary/aromatic N) is 1. The van der Waals surface area contributed by atoms with Crippen LogP contribution in [-0.4, -0.2) is 31.7 Å². The standard InChI is InChI=1S/C24H25ClN2O5S/c25-23-9-8-21(33(29,30)27-10-1-2-11-27)14-22(23)24(28)26-15-18-5-3-6-19(13-18)16-31-17-20-7-4-12-32-20/h3-9,12-14H,1-2,10-11,15-17H2,(H,26,28). The molecule has 0 radical (unpaired) electrons. The van der Waals surface area contributed by atoms with E-state index in [1.807, 2.05) is 36.4 Å². The second-order valence-electron chi connectivity index (χ2n) is 7.83. The molecular weight excluding hydrogens is 464 g/mol. The van der Waals surface area contributed by atoms with E-state index in [2.05, 4.69) is 5.32 Å². The van der Waals surface area contributed by atoms with Crippen molar-refractivity contribution in [3.63, 3.8) is 0 Å². The van der Waals surface area contributed by atoms with Crippen molar-refractivity contribution in [2.75, 3.05) is 13.1 Å². The first kappa shape index (κ1) is 23.5. The number of nitrogens with one attached hydrogen (secondary N) is 1. The average Bonchev–Trinajstić information content (AvgIpc) is 3.53. The van der Waals surface area contributed by atoms with Gasteiger partial charge in [-0.15, -0.1) is 0 Å². The van der Waals surface area contributed by atoms with Crippen LogP contribution in [0.15, 0.2) is 70.2 Å². The number of rotatable bonds is 9. The number of carbonyl (C=O) groups is 1. The summed E-state index contributed by atoms with van der Waals surface area (Å²) in [5, 5.41) is 3.02. The Morgan fingerprint density at radius 2 is 1.82 bits per heavy atom. The molecule has 7 nitrogen and oxygen atoms in total. The summed E-state index contributed by atoms with van der Waals surface area (Å²) in [6.45, 7) is 2.04. The Labute approximate surface area is 198 Å². The third-order valence-electron chi connectivity index (χ3n) is 5.42. The Balaban J connectivity index is 1.38. The molecule has 0 aliphatic carbocycles. The predicted molar refractivity (Wildman–Crippen MR) is 124 cm³/mol. The molecule has 1 fully saturated rings. The van der Waals surface area contributed by atoms with E-state index in [4.69, 9.17) is 20.8 Å². The number of carbonyl (C=O) groups excluding carboxylic acids is 1. The summed E-state index contributed by atoms with van der Waals surface area (Å²) in [5.74, 6) is 0.321. The van der Waals surface area contributed by atoms with E-state index in [9.17, 15) is 13.2 Å². The topological polar surface area (TPSA) is 88.8 Å². The van der Waals surface area contributed by atoms with Gasteiger partial charge in [0.05, 0.1) is 28.4 Å². The van der Waals surface area contributed by atoms with Crippen molar-refractivity contribution < 1.29 is 22.4 Å². The second-order valence-corrected chi connectivity index (χ2v) is 10.2. The van der Waals surface area contributed by atoms with Crippen molar-refractivity contribution in [1.82, 2.24) is 9.62 Å². The van der Waals surface area contributed by atoms with Crippen LogP contribution in [0.1, 0.15) is 40.1 Å². The fourth-order valence-electron chi connectivity index (χ4n) is 3.69. The van der Waals surface area contributed by atoms with Crippen molar-refractivity contribution >= 4 is 27.5 Å². The van der Waals surface area contributed by atoms with Crippen LogP contribution in [0, 0.1) is 0 Å². The number of hydrogen-bond acceptors (Lipinski definition) is 5. The van der Waals surface area contributed by atoms with E-state index < -0.39 is 15.9 Å². The molecule has 1 N–H and O–H groups in total. The van der Waals surface area contributed by atoms with Crippen LogP contribution in [0.3, 0.4) is 0 Å². The van der Waals surface area contributed by atoms with Crippen LogP contribution in [0.5, 0.6) is 0 Å². The van der Waals surface area contributed by atoms with Crippen LogP contribution < -0.4 is 5.32 Å². The van der Waals surface area contributed by atoms with Gasteiger partial charge in [-0.3, -0.25) is 4.79 Å². The normalized spacial score (nSPS) is 14.5. The summed E-state index contributed by atoms with van der Waals surface area (Å²) in [4.78, 5) is 12.9. The molecule has 0 bridgehead atoms. The Kier molecular flexibility index (Phi) is 7.49. The molecule has 0 atom stereocenters. The lowest BCUT2D eigenvalue weighted by Gasteiger charge is -2.16. The number of amides is 1. The smallest absolute Gasteiger partial charge is 0.253 e. The van der Waals surface area contributed by atoms with Gasteiger partial charge < -0.3 is 14.5 Å². The number of hydrogen-bond donors (Lipinski definition) is 1. The Hall–Kier alpha value is -2.65. The number of ether oxygens (including phenoxy) is 1. The first-order valence-electron chi connectivity index (χ1n) is 10.7. The first-order valence-corrected chi connectivity index (χ1v) is 12.5. The summed E-state index contributed by atoms with van der Waals surface area (Å²) in [5.41, 5.74) is 1.99. The molecule has 9 heteroatoms. The Bertz CT molecular complexity index is 1210. The largest absolute Gasteiger partial charge is 0.467 e. The highest BCUT2D eigenvalue weighted by Gasteiger charge is 2.28. The van der Waals surface area contributed by atoms with Crippen LogP contribution in [-0.2, 0) is 34.5 Å². The van der Waals surface area contributed by atoms with Gasteiger partial charge in [-0.05, 0) is 54.3 Å². The van der Waals surface area contributed by atoms with Gasteiger partial charge in [-0.1, -0.05) is 35.9 Å². The van der Waals surface area contributed by atoms with E-state index in [0.29, 0.717) is 26.3 Å². The van der Waals surface area contributed by atoms with Crippen molar-refractivity contribution in [1.29, 1.82) is 0 Å². The summed E-state index contributed by atoms with van der Waals surface area (Å²) in [6, 6.07) is 15.6. The summed E-state index contributed by atoms with van der Waals surface area (Å²) < 4.78 is 38.0. The first-order chi connectivity index (χ1) is 15.9. The van der Waals surface area contributed by atoms with Gasteiger partial charge >= 0.3 is 0 Å². The molecule has 1 saturated heterocycles. The van der Waals surface area contributed by atoms with E-state index in [-0.39, 0.29) is 22.0 Å². The number of furan rings is 1. The van der Waals surface area contributed by atoms with Gasteiger partial charge in [-0.2, -0.15) is 4.31 Å². The minimum atomic E-state index is -3.64. The molecule has 0 spiro atoms. The van der Waals surface area contributed by atoms with Crippen LogP contribution in [0.25, 0.3) is 0 Å². The average molecular weight is 489 g/mol. The molecule has 2 aromatic carbocycles. The summed E-state index contributed by atoms with van der Waals surface area (Å²) in [6.07, 6.45) is 3.28. The van der Waals surface area contributed by atoms with Gasteiger partial charge in [-0.25, -0.2) is 8.42 Å². The quantitative estimate of drug-likeness (QED) is 0.483. The minimum Gasteiger partial charge on any atom is -0.467 e.